The molecular weight excluding hydrogens is 669 g/mol. The number of hydrogen-bond acceptors (Lipinski definition) is 2. The van der Waals surface area contributed by atoms with Crippen LogP contribution in [0.25, 0.3) is 82.5 Å². The van der Waals surface area contributed by atoms with Crippen molar-refractivity contribution < 1.29 is 4.42 Å². The summed E-state index contributed by atoms with van der Waals surface area (Å²) in [7, 11) is 0. The Labute approximate surface area is 318 Å². The lowest BCUT2D eigenvalue weighted by molar-refractivity contribution is 0.669. The fourth-order valence-corrected chi connectivity index (χ4v) is 8.54. The Morgan fingerprint density at radius 3 is 1.73 bits per heavy atom. The topological polar surface area (TPSA) is 21.3 Å². The lowest BCUT2D eigenvalue weighted by Crippen LogP contribution is -2.13. The summed E-state index contributed by atoms with van der Waals surface area (Å²) in [4.78, 5) is 2.44. The predicted molar refractivity (Wildman–Crippen MR) is 231 cm³/mol. The quantitative estimate of drug-likeness (QED) is 0.172. The van der Waals surface area contributed by atoms with E-state index in [0.717, 1.165) is 61.4 Å². The summed E-state index contributed by atoms with van der Waals surface area (Å²) in [6.07, 6.45) is 0. The third-order valence-corrected chi connectivity index (χ3v) is 11.0. The van der Waals surface area contributed by atoms with Crippen molar-refractivity contribution in [3.8, 4) is 27.9 Å². The minimum absolute atomic E-state index is 0.879. The highest BCUT2D eigenvalue weighted by molar-refractivity contribution is 6.10. The van der Waals surface area contributed by atoms with Gasteiger partial charge in [0.2, 0.25) is 0 Å². The van der Waals surface area contributed by atoms with Crippen LogP contribution >= 0.6 is 0 Å². The van der Waals surface area contributed by atoms with Crippen molar-refractivity contribution in [3.05, 3.63) is 206 Å². The summed E-state index contributed by atoms with van der Waals surface area (Å²) in [5.41, 5.74) is 13.0. The molecule has 0 aliphatic rings. The Kier molecular flexibility index (Phi) is 7.17. The Bertz CT molecular complexity index is 3180. The molecule has 0 radical (unpaired) electrons. The van der Waals surface area contributed by atoms with Crippen molar-refractivity contribution in [1.29, 1.82) is 0 Å². The average molecular weight is 703 g/mol. The third-order valence-electron chi connectivity index (χ3n) is 11.0. The zero-order valence-corrected chi connectivity index (χ0v) is 29.9. The van der Waals surface area contributed by atoms with Gasteiger partial charge in [-0.2, -0.15) is 0 Å². The SMILES string of the molecule is c1cc(N(c2ccccc2-c2ccc3c(c2)oc2ccccc23)c2ccccc2-c2cccc3ccccc23)cc(-n2c3ccccc3c3ccccc32)c1. The predicted octanol–water partition coefficient (Wildman–Crippen LogP) is 14.6. The first-order valence-electron chi connectivity index (χ1n) is 18.8. The number of para-hydroxylation sites is 5. The minimum Gasteiger partial charge on any atom is -0.456 e. The van der Waals surface area contributed by atoms with Gasteiger partial charge in [0.1, 0.15) is 11.2 Å². The summed E-state index contributed by atoms with van der Waals surface area (Å²) in [6.45, 7) is 0. The fourth-order valence-electron chi connectivity index (χ4n) is 8.54. The largest absolute Gasteiger partial charge is 0.456 e. The molecule has 0 fully saturated rings. The number of hydrogen-bond donors (Lipinski definition) is 0. The molecule has 0 amide bonds. The molecule has 0 bridgehead atoms. The molecule has 2 heterocycles. The maximum Gasteiger partial charge on any atom is 0.136 e. The summed E-state index contributed by atoms with van der Waals surface area (Å²) >= 11 is 0. The number of nitrogens with zero attached hydrogens (tertiary/aromatic N) is 2. The summed E-state index contributed by atoms with van der Waals surface area (Å²) < 4.78 is 8.81. The lowest BCUT2D eigenvalue weighted by Gasteiger charge is -2.30. The molecule has 0 aliphatic carbocycles. The van der Waals surface area contributed by atoms with Gasteiger partial charge in [0.15, 0.2) is 0 Å². The molecule has 3 nitrogen and oxygen atoms in total. The van der Waals surface area contributed by atoms with Crippen molar-refractivity contribution in [2.24, 2.45) is 0 Å². The molecular formula is C52H34N2O. The van der Waals surface area contributed by atoms with Gasteiger partial charge in [-0.05, 0) is 82.6 Å². The van der Waals surface area contributed by atoms with Crippen LogP contribution in [0.5, 0.6) is 0 Å². The number of benzene rings is 9. The molecule has 0 N–H and O–H groups in total. The van der Waals surface area contributed by atoms with E-state index in [1.54, 1.807) is 0 Å². The first kappa shape index (κ1) is 31.2. The van der Waals surface area contributed by atoms with Crippen LogP contribution < -0.4 is 4.90 Å². The fraction of sp³-hybridized carbons (Fsp3) is 0. The second-order valence-electron chi connectivity index (χ2n) is 14.1. The molecule has 0 atom stereocenters. The van der Waals surface area contributed by atoms with E-state index < -0.39 is 0 Å². The van der Waals surface area contributed by atoms with Gasteiger partial charge >= 0.3 is 0 Å². The van der Waals surface area contributed by atoms with E-state index in [1.807, 2.05) is 12.1 Å². The van der Waals surface area contributed by atoms with Crippen LogP contribution in [0, 0.1) is 0 Å². The van der Waals surface area contributed by atoms with Crippen molar-refractivity contribution in [2.45, 2.75) is 0 Å². The van der Waals surface area contributed by atoms with Crippen LogP contribution in [0.2, 0.25) is 0 Å². The van der Waals surface area contributed by atoms with E-state index in [4.69, 9.17) is 4.42 Å². The highest BCUT2D eigenvalue weighted by Gasteiger charge is 2.23. The number of rotatable bonds is 6. The van der Waals surface area contributed by atoms with Crippen molar-refractivity contribution in [1.82, 2.24) is 4.57 Å². The highest BCUT2D eigenvalue weighted by Crippen LogP contribution is 2.47. The van der Waals surface area contributed by atoms with Crippen LogP contribution in [-0.2, 0) is 0 Å². The van der Waals surface area contributed by atoms with Gasteiger partial charge < -0.3 is 13.9 Å². The van der Waals surface area contributed by atoms with Crippen LogP contribution in [0.3, 0.4) is 0 Å². The van der Waals surface area contributed by atoms with E-state index in [0.29, 0.717) is 0 Å². The smallest absolute Gasteiger partial charge is 0.136 e. The second kappa shape index (κ2) is 12.6. The lowest BCUT2D eigenvalue weighted by atomic mass is 9.95. The normalized spacial score (nSPS) is 11.6. The maximum atomic E-state index is 6.41. The van der Waals surface area contributed by atoms with Crippen molar-refractivity contribution >= 4 is 71.6 Å². The van der Waals surface area contributed by atoms with Crippen LogP contribution in [0.15, 0.2) is 211 Å². The van der Waals surface area contributed by atoms with E-state index in [2.05, 4.69) is 204 Å². The molecule has 3 heteroatoms. The molecule has 55 heavy (non-hydrogen) atoms. The number of furan rings is 1. The first-order valence-corrected chi connectivity index (χ1v) is 18.8. The molecule has 9 aromatic carbocycles. The Balaban J connectivity index is 1.17. The zero-order valence-electron chi connectivity index (χ0n) is 29.9. The van der Waals surface area contributed by atoms with E-state index >= 15 is 0 Å². The van der Waals surface area contributed by atoms with Gasteiger partial charge in [0.05, 0.1) is 22.4 Å². The summed E-state index contributed by atoms with van der Waals surface area (Å²) in [5, 5.41) is 7.17. The Hall–Kier alpha value is -7.36. The van der Waals surface area contributed by atoms with Gasteiger partial charge in [-0.1, -0.05) is 146 Å². The van der Waals surface area contributed by atoms with E-state index in [-0.39, 0.29) is 0 Å². The number of anilines is 3. The van der Waals surface area contributed by atoms with Crippen LogP contribution in [-0.4, -0.2) is 4.57 Å². The number of fused-ring (bicyclic) bond motifs is 7. The molecule has 11 aromatic rings. The molecule has 0 spiro atoms. The summed E-state index contributed by atoms with van der Waals surface area (Å²) in [6, 6.07) is 74.1. The standard InChI is InChI=1S/C52H34N2O/c1-2-19-39-35(15-1)16-13-25-41(39)42-21-4-9-27-48(42)53(37-17-14-18-38(34-37)54-49-28-10-5-22-43(49)44-23-6-11-29-50(44)54)47-26-8-3-20-40(47)36-31-32-46-45-24-7-12-30-51(45)55-52(46)33-36/h1-34H. The molecule has 0 saturated heterocycles. The second-order valence-corrected chi connectivity index (χ2v) is 14.1. The van der Waals surface area contributed by atoms with Crippen LogP contribution in [0.1, 0.15) is 0 Å². The molecule has 0 saturated carbocycles. The molecule has 0 unspecified atom stereocenters. The highest BCUT2D eigenvalue weighted by atomic mass is 16.3. The molecule has 11 rings (SSSR count). The third kappa shape index (κ3) is 5.05. The Morgan fingerprint density at radius 2 is 0.927 bits per heavy atom. The van der Waals surface area contributed by atoms with Crippen LogP contribution in [0.4, 0.5) is 17.1 Å². The van der Waals surface area contributed by atoms with E-state index in [1.165, 1.54) is 38.1 Å². The first-order chi connectivity index (χ1) is 27.3. The zero-order chi connectivity index (χ0) is 36.3. The molecule has 0 aliphatic heterocycles. The van der Waals surface area contributed by atoms with E-state index in [9.17, 15) is 0 Å². The van der Waals surface area contributed by atoms with Crippen molar-refractivity contribution in [3.63, 3.8) is 0 Å². The Morgan fingerprint density at radius 1 is 0.364 bits per heavy atom. The minimum atomic E-state index is 0.879. The molecule has 258 valence electrons. The monoisotopic (exact) mass is 702 g/mol. The number of aromatic nitrogens is 1. The average Bonchev–Trinajstić information content (AvgIpc) is 3.80. The van der Waals surface area contributed by atoms with Gasteiger partial charge in [-0.15, -0.1) is 0 Å². The summed E-state index contributed by atoms with van der Waals surface area (Å²) in [5.74, 6) is 0. The molecule has 2 aromatic heterocycles. The maximum absolute atomic E-state index is 6.41. The van der Waals surface area contributed by atoms with Crippen molar-refractivity contribution in [2.75, 3.05) is 4.90 Å². The van der Waals surface area contributed by atoms with Gasteiger partial charge in [-0.25, -0.2) is 0 Å². The van der Waals surface area contributed by atoms with Gasteiger partial charge in [-0.3, -0.25) is 0 Å². The van der Waals surface area contributed by atoms with Gasteiger partial charge in [0.25, 0.3) is 0 Å². The van der Waals surface area contributed by atoms with Gasteiger partial charge in [0, 0.05) is 44.0 Å².